The van der Waals surface area contributed by atoms with E-state index in [1.165, 1.54) is 6.92 Å². The van der Waals surface area contributed by atoms with Crippen LogP contribution in [0, 0.1) is 0 Å². The highest BCUT2D eigenvalue weighted by Gasteiger charge is 2.21. The van der Waals surface area contributed by atoms with Crippen molar-refractivity contribution in [1.29, 1.82) is 0 Å². The van der Waals surface area contributed by atoms with Crippen molar-refractivity contribution in [1.82, 2.24) is 9.71 Å². The lowest BCUT2D eigenvalue weighted by Crippen LogP contribution is -2.41. The van der Waals surface area contributed by atoms with Gasteiger partial charge >= 0.3 is 0 Å². The van der Waals surface area contributed by atoms with Gasteiger partial charge in [0.05, 0.1) is 16.2 Å². The first-order valence-electron chi connectivity index (χ1n) is 6.75. The van der Waals surface area contributed by atoms with Crippen LogP contribution in [0.4, 0.5) is 0 Å². The molecule has 1 heterocycles. The van der Waals surface area contributed by atoms with Gasteiger partial charge in [-0.1, -0.05) is 23.9 Å². The van der Waals surface area contributed by atoms with Gasteiger partial charge in [0.2, 0.25) is 11.1 Å². The van der Waals surface area contributed by atoms with Crippen molar-refractivity contribution < 1.29 is 14.4 Å². The summed E-state index contributed by atoms with van der Waals surface area (Å²) in [5, 5.41) is -0.199. The predicted octanol–water partition coefficient (Wildman–Crippen LogP) is -0.335. The van der Waals surface area contributed by atoms with Crippen LogP contribution in [0.15, 0.2) is 34.2 Å². The van der Waals surface area contributed by atoms with E-state index in [0.29, 0.717) is 10.9 Å². The molecule has 2 atom stereocenters. The smallest absolute Gasteiger partial charge is 0.295 e. The quantitative estimate of drug-likeness (QED) is 0.548. The Hall–Kier alpha value is -2.55. The van der Waals surface area contributed by atoms with Crippen molar-refractivity contribution in [2.24, 2.45) is 11.5 Å². The number of hydrogen-bond donors (Lipinski definition) is 2. The summed E-state index contributed by atoms with van der Waals surface area (Å²) in [7, 11) is 0. The van der Waals surface area contributed by atoms with Crippen LogP contribution in [0.1, 0.15) is 13.8 Å². The van der Waals surface area contributed by atoms with Crippen molar-refractivity contribution in [2.75, 3.05) is 0 Å². The Kier molecular flexibility index (Phi) is 4.89. The minimum Gasteiger partial charge on any atom is -0.395 e. The highest BCUT2D eigenvalue weighted by molar-refractivity contribution is 8.00. The Bertz CT molecular complexity index is 820. The van der Waals surface area contributed by atoms with Crippen molar-refractivity contribution in [3.05, 3.63) is 34.6 Å². The van der Waals surface area contributed by atoms with Gasteiger partial charge in [-0.2, -0.15) is 0 Å². The van der Waals surface area contributed by atoms with Crippen LogP contribution >= 0.6 is 11.8 Å². The van der Waals surface area contributed by atoms with Gasteiger partial charge < -0.3 is 16.3 Å². The summed E-state index contributed by atoms with van der Waals surface area (Å²) in [6.45, 7) is 2.99. The van der Waals surface area contributed by atoms with Crippen LogP contribution in [-0.2, 0) is 9.59 Å². The fraction of sp³-hybridized carbons (Fsp3) is 0.286. The number of aromatic nitrogens is 2. The molecule has 0 saturated carbocycles. The number of thioether (sulfide) groups is 1. The molecule has 0 saturated heterocycles. The first-order valence-corrected chi connectivity index (χ1v) is 7.63. The molecular weight excluding hydrogens is 320 g/mol. The second kappa shape index (κ2) is 6.69. The average molecular weight is 336 g/mol. The third-order valence-corrected chi connectivity index (χ3v) is 4.11. The second-order valence-corrected chi connectivity index (χ2v) is 6.13. The lowest BCUT2D eigenvalue weighted by atomic mass is 10.2. The molecule has 2 rings (SSSR count). The van der Waals surface area contributed by atoms with Crippen molar-refractivity contribution >= 4 is 34.5 Å². The number of hydrogen-bond acceptors (Lipinski definition) is 6. The maximum atomic E-state index is 12.6. The van der Waals surface area contributed by atoms with Crippen molar-refractivity contribution in [2.45, 2.75) is 30.4 Å². The number of carbonyl (C=O) groups excluding carboxylic acids is 2. The number of nitrogens with two attached hydrogens (primary N) is 2. The Morgan fingerprint density at radius 3 is 2.48 bits per heavy atom. The molecule has 0 spiro atoms. The van der Waals surface area contributed by atoms with Gasteiger partial charge in [-0.3, -0.25) is 14.4 Å². The number of amides is 2. The van der Waals surface area contributed by atoms with Crippen LogP contribution in [0.25, 0.3) is 10.9 Å². The molecule has 0 bridgehead atoms. The van der Waals surface area contributed by atoms with E-state index in [9.17, 15) is 14.4 Å². The molecule has 122 valence electrons. The maximum absolute atomic E-state index is 12.6. The van der Waals surface area contributed by atoms with Crippen LogP contribution < -0.4 is 21.9 Å². The van der Waals surface area contributed by atoms with Gasteiger partial charge in [-0.25, -0.2) is 4.98 Å². The molecule has 0 unspecified atom stereocenters. The van der Waals surface area contributed by atoms with Gasteiger partial charge in [0.25, 0.3) is 11.5 Å². The standard InChI is InChI=1S/C14H16N4O4S/c1-7(11(15)19)22-18-13(21)9-5-3-4-6-10(9)17-14(18)23-8(2)12(16)20/h3-8H,1-2H3,(H2,15,19)(H2,16,20)/t7-,8+/m1/s1. The molecule has 1 aromatic heterocycles. The van der Waals surface area contributed by atoms with Gasteiger partial charge in [0, 0.05) is 0 Å². The van der Waals surface area contributed by atoms with E-state index in [4.69, 9.17) is 16.3 Å². The molecule has 2 amide bonds. The Morgan fingerprint density at radius 2 is 1.87 bits per heavy atom. The lowest BCUT2D eigenvalue weighted by molar-refractivity contribution is -0.129. The molecule has 0 aliphatic carbocycles. The Labute approximate surface area is 135 Å². The minimum absolute atomic E-state index is 0.119. The van der Waals surface area contributed by atoms with E-state index >= 15 is 0 Å². The third kappa shape index (κ3) is 3.62. The number of rotatable bonds is 6. The molecule has 0 fully saturated rings. The zero-order valence-corrected chi connectivity index (χ0v) is 13.4. The number of carbonyl (C=O) groups is 2. The first-order chi connectivity index (χ1) is 10.8. The summed E-state index contributed by atoms with van der Waals surface area (Å²) >= 11 is 0.961. The second-order valence-electron chi connectivity index (χ2n) is 4.82. The van der Waals surface area contributed by atoms with Crippen LogP contribution in [0.3, 0.4) is 0 Å². The van der Waals surface area contributed by atoms with Gasteiger partial charge in [-0.15, -0.1) is 4.73 Å². The summed E-state index contributed by atoms with van der Waals surface area (Å²) in [6, 6.07) is 6.67. The predicted molar refractivity (Wildman–Crippen MR) is 85.8 cm³/mol. The summed E-state index contributed by atoms with van der Waals surface area (Å²) in [6.07, 6.45) is -1.04. The summed E-state index contributed by atoms with van der Waals surface area (Å²) in [4.78, 5) is 44.7. The Morgan fingerprint density at radius 1 is 1.22 bits per heavy atom. The number of primary amides is 2. The fourth-order valence-electron chi connectivity index (χ4n) is 1.69. The van der Waals surface area contributed by atoms with Gasteiger partial charge in [-0.05, 0) is 26.0 Å². The van der Waals surface area contributed by atoms with Crippen LogP contribution in [0.2, 0.25) is 0 Å². The zero-order chi connectivity index (χ0) is 17.1. The van der Waals surface area contributed by atoms with E-state index in [1.54, 1.807) is 31.2 Å². The normalized spacial score (nSPS) is 13.5. The van der Waals surface area contributed by atoms with Gasteiger partial charge in [0.1, 0.15) is 0 Å². The molecule has 1 aromatic carbocycles. The molecule has 0 radical (unpaired) electrons. The molecule has 0 aliphatic rings. The molecule has 8 nitrogen and oxygen atoms in total. The third-order valence-electron chi connectivity index (χ3n) is 3.06. The SMILES string of the molecule is C[C@H](Sc1nc2ccccc2c(=O)n1O[C@H](C)C(N)=O)C(N)=O. The fourth-order valence-corrected chi connectivity index (χ4v) is 2.50. The monoisotopic (exact) mass is 336 g/mol. The molecular formula is C14H16N4O4S. The molecule has 0 aliphatic heterocycles. The van der Waals surface area contributed by atoms with E-state index in [0.717, 1.165) is 16.5 Å². The molecule has 4 N–H and O–H groups in total. The topological polar surface area (TPSA) is 130 Å². The number of nitrogens with zero attached hydrogens (tertiary/aromatic N) is 2. The number of benzene rings is 1. The number of fused-ring (bicyclic) bond motifs is 1. The highest BCUT2D eigenvalue weighted by atomic mass is 32.2. The van der Waals surface area contributed by atoms with Crippen LogP contribution in [0.5, 0.6) is 0 Å². The van der Waals surface area contributed by atoms with Crippen molar-refractivity contribution in [3.8, 4) is 0 Å². The van der Waals surface area contributed by atoms with Crippen LogP contribution in [-0.4, -0.2) is 32.9 Å². The molecule has 23 heavy (non-hydrogen) atoms. The summed E-state index contributed by atoms with van der Waals surface area (Å²) in [5.74, 6) is -1.30. The minimum atomic E-state index is -1.04. The van der Waals surface area contributed by atoms with E-state index in [1.807, 2.05) is 0 Å². The van der Waals surface area contributed by atoms with Gasteiger partial charge in [0.15, 0.2) is 6.10 Å². The maximum Gasteiger partial charge on any atom is 0.295 e. The highest BCUT2D eigenvalue weighted by Crippen LogP contribution is 2.21. The first kappa shape index (κ1) is 16.8. The summed E-state index contributed by atoms with van der Waals surface area (Å²) in [5.41, 5.74) is 10.4. The molecule has 2 aromatic rings. The van der Waals surface area contributed by atoms with E-state index < -0.39 is 28.7 Å². The molecule has 9 heteroatoms. The lowest BCUT2D eigenvalue weighted by Gasteiger charge is -2.17. The summed E-state index contributed by atoms with van der Waals surface area (Å²) < 4.78 is 0.877. The van der Waals surface area contributed by atoms with E-state index in [2.05, 4.69) is 4.98 Å². The Balaban J connectivity index is 2.59. The van der Waals surface area contributed by atoms with Crippen molar-refractivity contribution in [3.63, 3.8) is 0 Å². The number of para-hydroxylation sites is 1. The van der Waals surface area contributed by atoms with E-state index in [-0.39, 0.29) is 5.16 Å². The largest absolute Gasteiger partial charge is 0.395 e. The average Bonchev–Trinajstić information content (AvgIpc) is 2.50. The zero-order valence-electron chi connectivity index (χ0n) is 12.6.